The summed E-state index contributed by atoms with van der Waals surface area (Å²) in [6, 6.07) is 7.21. The largest absolute Gasteiger partial charge is 0.467 e. The van der Waals surface area contributed by atoms with Gasteiger partial charge in [-0.05, 0) is 30.0 Å². The molecule has 0 saturated carbocycles. The molecular formula is C18H18N2O4S3. The van der Waals surface area contributed by atoms with E-state index in [0.29, 0.717) is 17.9 Å². The summed E-state index contributed by atoms with van der Waals surface area (Å²) in [5.41, 5.74) is 0.707. The second-order valence-electron chi connectivity index (χ2n) is 6.46. The third kappa shape index (κ3) is 4.31. The van der Waals surface area contributed by atoms with Gasteiger partial charge in [0.1, 0.15) is 10.8 Å². The molecule has 0 spiro atoms. The molecule has 4 heterocycles. The first-order valence-corrected chi connectivity index (χ1v) is 12.1. The van der Waals surface area contributed by atoms with E-state index in [4.69, 9.17) is 4.42 Å². The molecule has 1 atom stereocenters. The van der Waals surface area contributed by atoms with Crippen molar-refractivity contribution >= 4 is 38.4 Å². The van der Waals surface area contributed by atoms with Gasteiger partial charge in [0.2, 0.25) is 5.91 Å². The molecule has 3 aromatic heterocycles. The number of thiazole rings is 1. The van der Waals surface area contributed by atoms with Gasteiger partial charge < -0.3 is 9.32 Å². The Balaban J connectivity index is 1.51. The number of carbonyl (C=O) groups excluding carboxylic acids is 1. The van der Waals surface area contributed by atoms with Crippen molar-refractivity contribution in [2.24, 2.45) is 0 Å². The van der Waals surface area contributed by atoms with Crippen LogP contribution in [0.25, 0.3) is 9.88 Å². The van der Waals surface area contributed by atoms with Crippen molar-refractivity contribution in [2.45, 2.75) is 25.4 Å². The fraction of sp³-hybridized carbons (Fsp3) is 0.333. The van der Waals surface area contributed by atoms with Crippen LogP contribution in [0, 0.1) is 0 Å². The number of hydrogen-bond acceptors (Lipinski definition) is 7. The molecule has 0 aromatic carbocycles. The van der Waals surface area contributed by atoms with E-state index >= 15 is 0 Å². The maximum atomic E-state index is 13.0. The van der Waals surface area contributed by atoms with E-state index in [1.807, 2.05) is 22.9 Å². The summed E-state index contributed by atoms with van der Waals surface area (Å²) in [4.78, 5) is 20.3. The molecule has 27 heavy (non-hydrogen) atoms. The molecule has 1 aliphatic rings. The number of carbonyl (C=O) groups is 1. The molecule has 4 rings (SSSR count). The zero-order chi connectivity index (χ0) is 18.9. The van der Waals surface area contributed by atoms with Crippen molar-refractivity contribution in [3.8, 4) is 9.88 Å². The number of rotatable bonds is 6. The van der Waals surface area contributed by atoms with Gasteiger partial charge in [0.05, 0.1) is 41.3 Å². The van der Waals surface area contributed by atoms with Gasteiger partial charge >= 0.3 is 0 Å². The van der Waals surface area contributed by atoms with Crippen LogP contribution >= 0.6 is 22.7 Å². The van der Waals surface area contributed by atoms with Crippen LogP contribution in [0.2, 0.25) is 0 Å². The predicted molar refractivity (Wildman–Crippen MR) is 105 cm³/mol. The molecule has 0 aliphatic carbocycles. The third-order valence-electron chi connectivity index (χ3n) is 4.49. The number of aromatic nitrogens is 1. The van der Waals surface area contributed by atoms with Crippen LogP contribution in [-0.4, -0.2) is 41.8 Å². The highest BCUT2D eigenvalue weighted by Crippen LogP contribution is 2.28. The van der Waals surface area contributed by atoms with Crippen LogP contribution < -0.4 is 0 Å². The standard InChI is InChI=1S/C18H18N2O4S3/c21-17(9-13-11-26-18(19-13)16-4-2-7-25-16)20(10-15-3-1-6-24-15)14-5-8-27(22,23)12-14/h1-4,6-7,11,14H,5,8-10,12H2/t14-/m1/s1. The maximum absolute atomic E-state index is 13.0. The second kappa shape index (κ2) is 7.57. The normalized spacial score (nSPS) is 18.6. The van der Waals surface area contributed by atoms with Gasteiger partial charge in [0, 0.05) is 11.4 Å². The van der Waals surface area contributed by atoms with Crippen molar-refractivity contribution in [3.63, 3.8) is 0 Å². The molecule has 0 radical (unpaired) electrons. The summed E-state index contributed by atoms with van der Waals surface area (Å²) in [7, 11) is -3.09. The van der Waals surface area contributed by atoms with E-state index in [2.05, 4.69) is 4.98 Å². The monoisotopic (exact) mass is 422 g/mol. The van der Waals surface area contributed by atoms with Gasteiger partial charge in [0.15, 0.2) is 9.84 Å². The summed E-state index contributed by atoms with van der Waals surface area (Å²) < 4.78 is 29.2. The fourth-order valence-corrected chi connectivity index (χ4v) is 6.54. The lowest BCUT2D eigenvalue weighted by Gasteiger charge is -2.27. The van der Waals surface area contributed by atoms with Gasteiger partial charge in [-0.1, -0.05) is 6.07 Å². The van der Waals surface area contributed by atoms with Crippen LogP contribution in [0.4, 0.5) is 0 Å². The summed E-state index contributed by atoms with van der Waals surface area (Å²) in [5, 5.41) is 4.78. The first kappa shape index (κ1) is 18.4. The van der Waals surface area contributed by atoms with Gasteiger partial charge in [0.25, 0.3) is 0 Å². The number of furan rings is 1. The number of amides is 1. The summed E-state index contributed by atoms with van der Waals surface area (Å²) in [6.07, 6.45) is 2.17. The molecule has 142 valence electrons. The molecule has 0 unspecified atom stereocenters. The van der Waals surface area contributed by atoms with Gasteiger partial charge in [-0.25, -0.2) is 13.4 Å². The summed E-state index contributed by atoms with van der Waals surface area (Å²) >= 11 is 3.12. The van der Waals surface area contributed by atoms with E-state index in [-0.39, 0.29) is 36.4 Å². The smallest absolute Gasteiger partial charge is 0.229 e. The molecular weight excluding hydrogens is 404 g/mol. The Morgan fingerprint density at radius 1 is 1.30 bits per heavy atom. The number of nitrogens with zero attached hydrogens (tertiary/aromatic N) is 2. The Morgan fingerprint density at radius 3 is 2.85 bits per heavy atom. The van der Waals surface area contributed by atoms with E-state index in [1.54, 1.807) is 34.6 Å². The van der Waals surface area contributed by atoms with Crippen LogP contribution in [0.5, 0.6) is 0 Å². The van der Waals surface area contributed by atoms with Gasteiger partial charge in [-0.2, -0.15) is 0 Å². The van der Waals surface area contributed by atoms with Crippen LogP contribution in [0.3, 0.4) is 0 Å². The minimum Gasteiger partial charge on any atom is -0.467 e. The topological polar surface area (TPSA) is 80.5 Å². The Bertz CT molecular complexity index is 1010. The summed E-state index contributed by atoms with van der Waals surface area (Å²) in [5.74, 6) is 0.650. The first-order valence-electron chi connectivity index (χ1n) is 8.51. The number of hydrogen-bond donors (Lipinski definition) is 0. The minimum atomic E-state index is -3.09. The van der Waals surface area contributed by atoms with Crippen molar-refractivity contribution in [3.05, 3.63) is 52.7 Å². The Labute approximate surface area is 165 Å². The van der Waals surface area contributed by atoms with E-state index < -0.39 is 9.84 Å². The van der Waals surface area contributed by atoms with Crippen molar-refractivity contribution < 1.29 is 17.6 Å². The molecule has 0 bridgehead atoms. The Morgan fingerprint density at radius 2 is 2.19 bits per heavy atom. The van der Waals surface area contributed by atoms with E-state index in [1.165, 1.54) is 11.3 Å². The zero-order valence-corrected chi connectivity index (χ0v) is 16.9. The lowest BCUT2D eigenvalue weighted by molar-refractivity contribution is -0.133. The molecule has 0 N–H and O–H groups in total. The Kier molecular flexibility index (Phi) is 5.16. The SMILES string of the molecule is O=C(Cc1csc(-c2cccs2)n1)N(Cc1ccco1)[C@@H]1CCS(=O)(=O)C1. The van der Waals surface area contributed by atoms with Crippen LogP contribution in [0.15, 0.2) is 45.7 Å². The van der Waals surface area contributed by atoms with Crippen molar-refractivity contribution in [1.82, 2.24) is 9.88 Å². The van der Waals surface area contributed by atoms with Gasteiger partial charge in [-0.3, -0.25) is 4.79 Å². The predicted octanol–water partition coefficient (Wildman–Crippen LogP) is 3.22. The highest BCUT2D eigenvalue weighted by Gasteiger charge is 2.35. The maximum Gasteiger partial charge on any atom is 0.229 e. The third-order valence-corrected chi connectivity index (χ3v) is 8.17. The average molecular weight is 423 g/mol. The molecule has 1 amide bonds. The molecule has 1 aliphatic heterocycles. The second-order valence-corrected chi connectivity index (χ2v) is 10.5. The minimum absolute atomic E-state index is 0.0109. The fourth-order valence-electron chi connectivity index (χ4n) is 3.17. The lowest BCUT2D eigenvalue weighted by atomic mass is 10.2. The highest BCUT2D eigenvalue weighted by atomic mass is 32.2. The van der Waals surface area contributed by atoms with Crippen molar-refractivity contribution in [1.29, 1.82) is 0 Å². The average Bonchev–Trinajstić information content (AvgIpc) is 3.40. The molecule has 9 heteroatoms. The molecule has 6 nitrogen and oxygen atoms in total. The van der Waals surface area contributed by atoms with Crippen LogP contribution in [0.1, 0.15) is 17.9 Å². The van der Waals surface area contributed by atoms with E-state index in [9.17, 15) is 13.2 Å². The van der Waals surface area contributed by atoms with Crippen LogP contribution in [-0.2, 0) is 27.6 Å². The highest BCUT2D eigenvalue weighted by molar-refractivity contribution is 7.91. The first-order chi connectivity index (χ1) is 13.0. The molecule has 1 fully saturated rings. The Hall–Kier alpha value is -1.97. The summed E-state index contributed by atoms with van der Waals surface area (Å²) in [6.45, 7) is 0.272. The van der Waals surface area contributed by atoms with Gasteiger partial charge in [-0.15, -0.1) is 22.7 Å². The van der Waals surface area contributed by atoms with Crippen molar-refractivity contribution in [2.75, 3.05) is 11.5 Å². The number of thiophene rings is 1. The zero-order valence-electron chi connectivity index (χ0n) is 14.4. The molecule has 3 aromatic rings. The lowest BCUT2D eigenvalue weighted by Crippen LogP contribution is -2.41. The quantitative estimate of drug-likeness (QED) is 0.609. The molecule has 1 saturated heterocycles. The van der Waals surface area contributed by atoms with E-state index in [0.717, 1.165) is 9.88 Å². The number of sulfone groups is 1.